The van der Waals surface area contributed by atoms with Crippen molar-refractivity contribution in [3.63, 3.8) is 0 Å². The van der Waals surface area contributed by atoms with Gasteiger partial charge >= 0.3 is 0 Å². The zero-order valence-corrected chi connectivity index (χ0v) is 10.9. The number of nitrogens with one attached hydrogen (secondary N) is 1. The van der Waals surface area contributed by atoms with Gasteiger partial charge in [-0.1, -0.05) is 13.3 Å². The van der Waals surface area contributed by atoms with Crippen LogP contribution in [0.1, 0.15) is 33.6 Å². The number of hydrogen-bond donors (Lipinski definition) is 2. The summed E-state index contributed by atoms with van der Waals surface area (Å²) in [6.45, 7) is 9.31. The van der Waals surface area contributed by atoms with Crippen molar-refractivity contribution in [2.45, 2.75) is 45.8 Å². The quantitative estimate of drug-likeness (QED) is 0.526. The van der Waals surface area contributed by atoms with E-state index in [9.17, 15) is 5.11 Å². The molecule has 0 aliphatic heterocycles. The molecule has 0 aliphatic carbocycles. The van der Waals surface area contributed by atoms with Crippen LogP contribution in [0, 0.1) is 0 Å². The Bertz CT molecular complexity index is 142. The van der Waals surface area contributed by atoms with E-state index in [-0.39, 0.29) is 6.10 Å². The van der Waals surface area contributed by atoms with Crippen molar-refractivity contribution in [3.8, 4) is 0 Å². The summed E-state index contributed by atoms with van der Waals surface area (Å²) in [6, 6.07) is 0. The largest absolute Gasteiger partial charge is 0.389 e. The van der Waals surface area contributed by atoms with Gasteiger partial charge in [-0.15, -0.1) is 0 Å². The van der Waals surface area contributed by atoms with Gasteiger partial charge in [-0.05, 0) is 20.3 Å². The Labute approximate surface area is 99.3 Å². The minimum Gasteiger partial charge on any atom is -0.389 e. The Morgan fingerprint density at radius 1 is 1.25 bits per heavy atom. The fourth-order valence-corrected chi connectivity index (χ4v) is 1.16. The summed E-state index contributed by atoms with van der Waals surface area (Å²) in [6.07, 6.45) is 2.03. The fraction of sp³-hybridized carbons (Fsp3) is 1.00. The fourth-order valence-electron chi connectivity index (χ4n) is 1.16. The predicted octanol–water partition coefficient (Wildman–Crippen LogP) is 1.18. The van der Waals surface area contributed by atoms with Gasteiger partial charge in [0.1, 0.15) is 0 Å². The summed E-state index contributed by atoms with van der Waals surface area (Å²) in [5.41, 5.74) is 0. The van der Waals surface area contributed by atoms with Gasteiger partial charge in [0, 0.05) is 19.7 Å². The Morgan fingerprint density at radius 2 is 2.00 bits per heavy atom. The first-order valence-electron chi connectivity index (χ1n) is 6.25. The minimum atomic E-state index is -0.420. The van der Waals surface area contributed by atoms with Crippen LogP contribution >= 0.6 is 0 Å². The molecule has 0 amide bonds. The number of aliphatic hydroxyl groups excluding tert-OH is 1. The van der Waals surface area contributed by atoms with Gasteiger partial charge in [-0.2, -0.15) is 0 Å². The van der Waals surface area contributed by atoms with Crippen molar-refractivity contribution in [1.82, 2.24) is 5.32 Å². The molecule has 4 nitrogen and oxygen atoms in total. The second-order valence-corrected chi connectivity index (χ2v) is 4.21. The molecule has 0 aromatic carbocycles. The lowest BCUT2D eigenvalue weighted by Crippen LogP contribution is -2.32. The second kappa shape index (κ2) is 11.3. The molecule has 16 heavy (non-hydrogen) atoms. The average molecular weight is 233 g/mol. The summed E-state index contributed by atoms with van der Waals surface area (Å²) >= 11 is 0. The topological polar surface area (TPSA) is 50.7 Å². The molecule has 2 N–H and O–H groups in total. The second-order valence-electron chi connectivity index (χ2n) is 4.21. The molecule has 1 atom stereocenters. The van der Waals surface area contributed by atoms with Gasteiger partial charge in [0.15, 0.2) is 0 Å². The van der Waals surface area contributed by atoms with Crippen molar-refractivity contribution in [1.29, 1.82) is 0 Å². The first-order valence-corrected chi connectivity index (χ1v) is 6.25. The highest BCUT2D eigenvalue weighted by Gasteiger charge is 2.03. The van der Waals surface area contributed by atoms with Gasteiger partial charge in [0.25, 0.3) is 0 Å². The molecule has 0 aromatic heterocycles. The molecule has 0 rings (SSSR count). The van der Waals surface area contributed by atoms with E-state index < -0.39 is 6.10 Å². The van der Waals surface area contributed by atoms with Crippen LogP contribution in [-0.2, 0) is 9.47 Å². The minimum absolute atomic E-state index is 0.268. The number of unbranched alkanes of at least 4 members (excludes halogenated alkanes) is 1. The summed E-state index contributed by atoms with van der Waals surface area (Å²) in [5, 5.41) is 12.7. The van der Waals surface area contributed by atoms with Crippen LogP contribution < -0.4 is 5.32 Å². The highest BCUT2D eigenvalue weighted by molar-refractivity contribution is 4.58. The highest BCUT2D eigenvalue weighted by atomic mass is 16.5. The zero-order chi connectivity index (χ0) is 12.2. The summed E-state index contributed by atoms with van der Waals surface area (Å²) in [5.74, 6) is 0. The van der Waals surface area contributed by atoms with Crippen LogP contribution in [0.15, 0.2) is 0 Å². The van der Waals surface area contributed by atoms with E-state index in [4.69, 9.17) is 9.47 Å². The van der Waals surface area contributed by atoms with Gasteiger partial charge < -0.3 is 19.9 Å². The molecule has 0 heterocycles. The Balaban J connectivity index is 3.14. The summed E-state index contributed by atoms with van der Waals surface area (Å²) < 4.78 is 10.7. The third kappa shape index (κ3) is 11.9. The molecule has 0 aromatic rings. The molecule has 0 aliphatic rings. The van der Waals surface area contributed by atoms with Gasteiger partial charge in [-0.25, -0.2) is 0 Å². The van der Waals surface area contributed by atoms with Crippen molar-refractivity contribution in [2.24, 2.45) is 0 Å². The standard InChI is InChI=1S/C12H27NO3/c1-4-5-7-15-10-12(14)9-13-6-8-16-11(2)3/h11-14H,4-10H2,1-3H3. The van der Waals surface area contributed by atoms with E-state index in [1.54, 1.807) is 0 Å². The smallest absolute Gasteiger partial charge is 0.0897 e. The van der Waals surface area contributed by atoms with Crippen molar-refractivity contribution in [2.75, 3.05) is 32.9 Å². The molecule has 0 saturated carbocycles. The third-order valence-electron chi connectivity index (χ3n) is 2.06. The molecule has 0 bridgehead atoms. The number of rotatable bonds is 11. The van der Waals surface area contributed by atoms with E-state index in [1.165, 1.54) is 0 Å². The Hall–Kier alpha value is -0.160. The van der Waals surface area contributed by atoms with Crippen molar-refractivity contribution < 1.29 is 14.6 Å². The van der Waals surface area contributed by atoms with Crippen LogP contribution in [0.25, 0.3) is 0 Å². The predicted molar refractivity (Wildman–Crippen MR) is 65.7 cm³/mol. The molecule has 0 spiro atoms. The normalized spacial score (nSPS) is 13.3. The maximum atomic E-state index is 9.53. The third-order valence-corrected chi connectivity index (χ3v) is 2.06. The molecular weight excluding hydrogens is 206 g/mol. The average Bonchev–Trinajstić information content (AvgIpc) is 2.23. The first-order chi connectivity index (χ1) is 7.66. The number of hydrogen-bond acceptors (Lipinski definition) is 4. The lowest BCUT2D eigenvalue weighted by molar-refractivity contribution is 0.0331. The SMILES string of the molecule is CCCCOCC(O)CNCCOC(C)C. The number of ether oxygens (including phenoxy) is 2. The summed E-state index contributed by atoms with van der Waals surface area (Å²) in [7, 11) is 0. The van der Waals surface area contributed by atoms with Crippen LogP contribution in [-0.4, -0.2) is 50.2 Å². The molecule has 1 unspecified atom stereocenters. The highest BCUT2D eigenvalue weighted by Crippen LogP contribution is 1.90. The maximum absolute atomic E-state index is 9.53. The lowest BCUT2D eigenvalue weighted by atomic mass is 10.3. The first kappa shape index (κ1) is 15.8. The van der Waals surface area contributed by atoms with E-state index in [0.29, 0.717) is 19.8 Å². The van der Waals surface area contributed by atoms with E-state index in [1.807, 2.05) is 13.8 Å². The van der Waals surface area contributed by atoms with Crippen molar-refractivity contribution >= 4 is 0 Å². The van der Waals surface area contributed by atoms with Crippen LogP contribution in [0.3, 0.4) is 0 Å². The summed E-state index contributed by atoms with van der Waals surface area (Å²) in [4.78, 5) is 0. The molecular formula is C12H27NO3. The Morgan fingerprint density at radius 3 is 2.62 bits per heavy atom. The number of aliphatic hydroxyl groups is 1. The van der Waals surface area contributed by atoms with E-state index in [2.05, 4.69) is 12.2 Å². The van der Waals surface area contributed by atoms with Crippen LogP contribution in [0.5, 0.6) is 0 Å². The monoisotopic (exact) mass is 233 g/mol. The zero-order valence-electron chi connectivity index (χ0n) is 10.9. The molecule has 0 radical (unpaired) electrons. The van der Waals surface area contributed by atoms with Gasteiger partial charge in [0.2, 0.25) is 0 Å². The molecule has 4 heteroatoms. The molecule has 0 fully saturated rings. The van der Waals surface area contributed by atoms with Crippen LogP contribution in [0.4, 0.5) is 0 Å². The van der Waals surface area contributed by atoms with Crippen LogP contribution in [0.2, 0.25) is 0 Å². The van der Waals surface area contributed by atoms with E-state index in [0.717, 1.165) is 26.0 Å². The molecule has 0 saturated heterocycles. The van der Waals surface area contributed by atoms with E-state index >= 15 is 0 Å². The lowest BCUT2D eigenvalue weighted by Gasteiger charge is -2.13. The Kier molecular flexibility index (Phi) is 11.2. The van der Waals surface area contributed by atoms with Gasteiger partial charge in [-0.3, -0.25) is 0 Å². The maximum Gasteiger partial charge on any atom is 0.0897 e. The molecule has 98 valence electrons. The van der Waals surface area contributed by atoms with Gasteiger partial charge in [0.05, 0.1) is 25.4 Å². The van der Waals surface area contributed by atoms with Crippen molar-refractivity contribution in [3.05, 3.63) is 0 Å².